The predicted molar refractivity (Wildman–Crippen MR) is 133 cm³/mol. The molecule has 0 bridgehead atoms. The number of para-hydroxylation sites is 1. The van der Waals surface area contributed by atoms with Crippen molar-refractivity contribution in [2.75, 3.05) is 70.9 Å². The van der Waals surface area contributed by atoms with Crippen LogP contribution in [0.2, 0.25) is 0 Å². The van der Waals surface area contributed by atoms with Crippen LogP contribution in [0.1, 0.15) is 15.9 Å². The number of hydrogen-bond acceptors (Lipinski definition) is 6. The summed E-state index contributed by atoms with van der Waals surface area (Å²) in [5.74, 6) is -0.287. The lowest BCUT2D eigenvalue weighted by molar-refractivity contribution is -0.135. The highest BCUT2D eigenvalue weighted by atomic mass is 16.5. The molecule has 2 heterocycles. The van der Waals surface area contributed by atoms with Crippen LogP contribution in [0.3, 0.4) is 0 Å². The number of rotatable bonds is 8. The molecule has 2 saturated heterocycles. The molecule has 186 valence electrons. The number of benzene rings is 2. The summed E-state index contributed by atoms with van der Waals surface area (Å²) in [5.41, 5.74) is 1.92. The molecule has 0 unspecified atom stereocenters. The summed E-state index contributed by atoms with van der Waals surface area (Å²) in [6.45, 7) is 6.47. The fourth-order valence-electron chi connectivity index (χ4n) is 4.26. The smallest absolute Gasteiger partial charge is 0.253 e. The maximum Gasteiger partial charge on any atom is 0.253 e. The van der Waals surface area contributed by atoms with Gasteiger partial charge in [-0.2, -0.15) is 0 Å². The average Bonchev–Trinajstić information content (AvgIpc) is 2.89. The van der Waals surface area contributed by atoms with Crippen molar-refractivity contribution in [1.29, 1.82) is 0 Å². The molecule has 0 saturated carbocycles. The summed E-state index contributed by atoms with van der Waals surface area (Å²) in [6, 6.07) is 16.7. The molecule has 35 heavy (non-hydrogen) atoms. The van der Waals surface area contributed by atoms with E-state index in [1.54, 1.807) is 24.3 Å². The van der Waals surface area contributed by atoms with Crippen LogP contribution in [0, 0.1) is 0 Å². The van der Waals surface area contributed by atoms with Crippen LogP contribution in [-0.2, 0) is 20.9 Å². The van der Waals surface area contributed by atoms with E-state index in [0.717, 1.165) is 18.7 Å². The summed E-state index contributed by atoms with van der Waals surface area (Å²) in [5, 5.41) is 5.79. The first kappa shape index (κ1) is 24.8. The number of anilines is 1. The average molecular weight is 480 g/mol. The van der Waals surface area contributed by atoms with Crippen LogP contribution in [0.4, 0.5) is 5.69 Å². The molecule has 2 aromatic carbocycles. The molecule has 0 atom stereocenters. The predicted octanol–water partition coefficient (Wildman–Crippen LogP) is 1.03. The van der Waals surface area contributed by atoms with Gasteiger partial charge in [0.25, 0.3) is 5.91 Å². The molecule has 3 amide bonds. The number of piperazine rings is 1. The van der Waals surface area contributed by atoms with Crippen molar-refractivity contribution in [3.63, 3.8) is 0 Å². The Bertz CT molecular complexity index is 1000. The van der Waals surface area contributed by atoms with E-state index in [0.29, 0.717) is 63.7 Å². The molecule has 2 fully saturated rings. The Morgan fingerprint density at radius 2 is 1.43 bits per heavy atom. The van der Waals surface area contributed by atoms with Crippen molar-refractivity contribution < 1.29 is 19.1 Å². The van der Waals surface area contributed by atoms with Gasteiger partial charge in [0.2, 0.25) is 11.8 Å². The van der Waals surface area contributed by atoms with Gasteiger partial charge < -0.3 is 20.3 Å². The molecule has 2 aromatic rings. The van der Waals surface area contributed by atoms with Gasteiger partial charge in [-0.25, -0.2) is 0 Å². The first-order valence-electron chi connectivity index (χ1n) is 12.1. The van der Waals surface area contributed by atoms with E-state index in [4.69, 9.17) is 4.74 Å². The zero-order valence-corrected chi connectivity index (χ0v) is 19.9. The summed E-state index contributed by atoms with van der Waals surface area (Å²) in [4.78, 5) is 44.1. The Morgan fingerprint density at radius 1 is 0.771 bits per heavy atom. The zero-order valence-electron chi connectivity index (χ0n) is 19.9. The minimum atomic E-state index is -0.239. The number of amides is 3. The fraction of sp³-hybridized carbons (Fsp3) is 0.423. The summed E-state index contributed by atoms with van der Waals surface area (Å²) >= 11 is 0. The van der Waals surface area contributed by atoms with Crippen molar-refractivity contribution in [3.8, 4) is 0 Å². The number of carbonyl (C=O) groups excluding carboxylic acids is 3. The molecular formula is C26H33N5O4. The molecule has 2 aliphatic heterocycles. The van der Waals surface area contributed by atoms with Crippen LogP contribution in [0.15, 0.2) is 54.6 Å². The van der Waals surface area contributed by atoms with Crippen molar-refractivity contribution in [3.05, 3.63) is 65.7 Å². The van der Waals surface area contributed by atoms with Crippen LogP contribution in [0.5, 0.6) is 0 Å². The Hall–Kier alpha value is -3.27. The second-order valence-electron chi connectivity index (χ2n) is 8.81. The van der Waals surface area contributed by atoms with Gasteiger partial charge in [-0.1, -0.05) is 42.5 Å². The zero-order chi connectivity index (χ0) is 24.5. The van der Waals surface area contributed by atoms with E-state index in [9.17, 15) is 14.4 Å². The monoisotopic (exact) mass is 479 g/mol. The molecule has 9 heteroatoms. The van der Waals surface area contributed by atoms with Gasteiger partial charge >= 0.3 is 0 Å². The SMILES string of the molecule is O=C(CN1CCN(C(=O)CN2CCOCC2)CC1)Nc1ccccc1C(=O)NCc1ccccc1. The highest BCUT2D eigenvalue weighted by molar-refractivity contribution is 6.04. The second kappa shape index (κ2) is 12.4. The van der Waals surface area contributed by atoms with Gasteiger partial charge in [0, 0.05) is 45.8 Å². The number of nitrogens with one attached hydrogen (secondary N) is 2. The molecule has 0 radical (unpaired) electrons. The highest BCUT2D eigenvalue weighted by Gasteiger charge is 2.24. The largest absolute Gasteiger partial charge is 0.379 e. The molecule has 4 rings (SSSR count). The quantitative estimate of drug-likeness (QED) is 0.588. The van der Waals surface area contributed by atoms with Crippen molar-refractivity contribution >= 4 is 23.4 Å². The summed E-state index contributed by atoms with van der Waals surface area (Å²) in [6.07, 6.45) is 0. The molecule has 0 aromatic heterocycles. The number of ether oxygens (including phenoxy) is 1. The normalized spacial score (nSPS) is 17.1. The van der Waals surface area contributed by atoms with Gasteiger partial charge in [0.1, 0.15) is 0 Å². The van der Waals surface area contributed by atoms with E-state index >= 15 is 0 Å². The molecular weight excluding hydrogens is 446 g/mol. The van der Waals surface area contributed by atoms with E-state index < -0.39 is 0 Å². The minimum Gasteiger partial charge on any atom is -0.379 e. The topological polar surface area (TPSA) is 94.2 Å². The van der Waals surface area contributed by atoms with Crippen LogP contribution >= 0.6 is 0 Å². The van der Waals surface area contributed by atoms with E-state index in [-0.39, 0.29) is 24.3 Å². The van der Waals surface area contributed by atoms with Crippen LogP contribution in [-0.4, -0.2) is 98.0 Å². The van der Waals surface area contributed by atoms with Gasteiger partial charge in [0.15, 0.2) is 0 Å². The van der Waals surface area contributed by atoms with Crippen LogP contribution < -0.4 is 10.6 Å². The van der Waals surface area contributed by atoms with Gasteiger partial charge in [0.05, 0.1) is 37.6 Å². The third kappa shape index (κ3) is 7.35. The molecule has 2 aliphatic rings. The summed E-state index contributed by atoms with van der Waals surface area (Å²) in [7, 11) is 0. The van der Waals surface area contributed by atoms with E-state index in [2.05, 4.69) is 15.5 Å². The molecule has 0 spiro atoms. The van der Waals surface area contributed by atoms with Gasteiger partial charge in [-0.3, -0.25) is 24.2 Å². The Kier molecular flexibility index (Phi) is 8.83. The Morgan fingerprint density at radius 3 is 2.17 bits per heavy atom. The Balaban J connectivity index is 1.23. The number of nitrogens with zero attached hydrogens (tertiary/aromatic N) is 3. The third-order valence-corrected chi connectivity index (χ3v) is 6.30. The maximum absolute atomic E-state index is 12.7. The third-order valence-electron chi connectivity index (χ3n) is 6.30. The first-order chi connectivity index (χ1) is 17.1. The minimum absolute atomic E-state index is 0.131. The molecule has 0 aliphatic carbocycles. The number of morpholine rings is 1. The fourth-order valence-corrected chi connectivity index (χ4v) is 4.26. The lowest BCUT2D eigenvalue weighted by Gasteiger charge is -2.36. The van der Waals surface area contributed by atoms with E-state index in [1.807, 2.05) is 40.1 Å². The van der Waals surface area contributed by atoms with Gasteiger partial charge in [-0.15, -0.1) is 0 Å². The number of carbonyl (C=O) groups is 3. The van der Waals surface area contributed by atoms with Crippen LogP contribution in [0.25, 0.3) is 0 Å². The second-order valence-corrected chi connectivity index (χ2v) is 8.81. The maximum atomic E-state index is 12.7. The molecule has 9 nitrogen and oxygen atoms in total. The van der Waals surface area contributed by atoms with E-state index in [1.165, 1.54) is 0 Å². The number of hydrogen-bond donors (Lipinski definition) is 2. The molecule has 2 N–H and O–H groups in total. The standard InChI is InChI=1S/C26H33N5O4/c32-24(19-29-10-12-31(13-11-29)25(33)20-30-14-16-35-17-15-30)28-23-9-5-4-8-22(23)26(34)27-18-21-6-2-1-3-7-21/h1-9H,10-20H2,(H,27,34)(H,28,32). The summed E-state index contributed by atoms with van der Waals surface area (Å²) < 4.78 is 5.34. The van der Waals surface area contributed by atoms with Crippen molar-refractivity contribution in [2.45, 2.75) is 6.54 Å². The van der Waals surface area contributed by atoms with Gasteiger partial charge in [-0.05, 0) is 17.7 Å². The lowest BCUT2D eigenvalue weighted by Crippen LogP contribution is -2.53. The lowest BCUT2D eigenvalue weighted by atomic mass is 10.1. The van der Waals surface area contributed by atoms with Crippen molar-refractivity contribution in [1.82, 2.24) is 20.0 Å². The van der Waals surface area contributed by atoms with Crippen molar-refractivity contribution in [2.24, 2.45) is 0 Å². The first-order valence-corrected chi connectivity index (χ1v) is 12.1. The highest BCUT2D eigenvalue weighted by Crippen LogP contribution is 2.16. The Labute approximate surface area is 206 Å².